The highest BCUT2D eigenvalue weighted by Crippen LogP contribution is 2.28. The van der Waals surface area contributed by atoms with Crippen molar-refractivity contribution in [2.24, 2.45) is 0 Å². The first-order valence-corrected chi connectivity index (χ1v) is 10.4. The Hall–Kier alpha value is -1.73. The van der Waals surface area contributed by atoms with E-state index >= 15 is 0 Å². The van der Waals surface area contributed by atoms with Crippen LogP contribution in [0.15, 0.2) is 24.3 Å². The quantitative estimate of drug-likeness (QED) is 0.634. The zero-order valence-corrected chi connectivity index (χ0v) is 15.8. The summed E-state index contributed by atoms with van der Waals surface area (Å²) in [6.45, 7) is 1.32. The molecule has 7 heteroatoms. The molecule has 1 atom stereocenters. The third-order valence-corrected chi connectivity index (χ3v) is 6.06. The lowest BCUT2D eigenvalue weighted by Gasteiger charge is -2.12. The second-order valence-corrected chi connectivity index (χ2v) is 8.13. The number of hydrogen-bond donors (Lipinski definition) is 3. The Morgan fingerprint density at radius 2 is 1.69 bits per heavy atom. The predicted molar refractivity (Wildman–Crippen MR) is 106 cm³/mol. The summed E-state index contributed by atoms with van der Waals surface area (Å²) in [6.07, 6.45) is 6.66. The molecule has 0 aromatic heterocycles. The highest BCUT2D eigenvalue weighted by molar-refractivity contribution is 7.99. The molecule has 2 fully saturated rings. The van der Waals surface area contributed by atoms with Gasteiger partial charge < -0.3 is 20.7 Å². The van der Waals surface area contributed by atoms with Crippen LogP contribution in [-0.4, -0.2) is 42.2 Å². The fourth-order valence-corrected chi connectivity index (χ4v) is 4.48. The van der Waals surface area contributed by atoms with Gasteiger partial charge in [-0.3, -0.25) is 4.79 Å². The summed E-state index contributed by atoms with van der Waals surface area (Å²) in [4.78, 5) is 23.9. The van der Waals surface area contributed by atoms with Crippen LogP contribution in [0.3, 0.4) is 0 Å². The smallest absolute Gasteiger partial charge is 0.319 e. The molecule has 0 unspecified atom stereocenters. The number of anilines is 2. The van der Waals surface area contributed by atoms with Gasteiger partial charge in [-0.05, 0) is 49.9 Å². The first kappa shape index (κ1) is 19.0. The molecule has 0 spiro atoms. The van der Waals surface area contributed by atoms with Gasteiger partial charge in [0.2, 0.25) is 0 Å². The van der Waals surface area contributed by atoms with Gasteiger partial charge in [-0.25, -0.2) is 4.79 Å². The molecule has 142 valence electrons. The van der Waals surface area contributed by atoms with Crippen LogP contribution >= 0.6 is 11.8 Å². The number of benzene rings is 1. The predicted octanol–water partition coefficient (Wildman–Crippen LogP) is 3.60. The van der Waals surface area contributed by atoms with Crippen molar-refractivity contribution in [2.45, 2.75) is 49.9 Å². The van der Waals surface area contributed by atoms with Crippen molar-refractivity contribution in [2.75, 3.05) is 29.5 Å². The summed E-state index contributed by atoms with van der Waals surface area (Å²) in [5.74, 6) is 0.840. The van der Waals surface area contributed by atoms with Gasteiger partial charge in [-0.15, -0.1) is 0 Å². The summed E-state index contributed by atoms with van der Waals surface area (Å²) < 4.78 is 5.36. The van der Waals surface area contributed by atoms with E-state index in [4.69, 9.17) is 4.74 Å². The number of hydrogen-bond acceptors (Lipinski definition) is 4. The van der Waals surface area contributed by atoms with Crippen LogP contribution in [0.2, 0.25) is 0 Å². The van der Waals surface area contributed by atoms with Gasteiger partial charge in [0, 0.05) is 35.5 Å². The van der Waals surface area contributed by atoms with E-state index in [1.807, 2.05) is 11.8 Å². The summed E-state index contributed by atoms with van der Waals surface area (Å²) in [6, 6.07) is 6.90. The summed E-state index contributed by atoms with van der Waals surface area (Å²) in [5.41, 5.74) is 1.39. The Bertz CT molecular complexity index is 597. The van der Waals surface area contributed by atoms with Gasteiger partial charge in [-0.1, -0.05) is 12.8 Å². The third kappa shape index (κ3) is 5.92. The molecule has 1 aliphatic carbocycles. The molecule has 3 amide bonds. The lowest BCUT2D eigenvalue weighted by Crippen LogP contribution is -2.30. The zero-order chi connectivity index (χ0) is 18.2. The van der Waals surface area contributed by atoms with Gasteiger partial charge in [0.15, 0.2) is 0 Å². The highest BCUT2D eigenvalue weighted by Gasteiger charge is 2.23. The second kappa shape index (κ2) is 9.83. The molecule has 1 aliphatic heterocycles. The third-order valence-electron chi connectivity index (χ3n) is 4.68. The average Bonchev–Trinajstić information content (AvgIpc) is 3.34. The van der Waals surface area contributed by atoms with E-state index in [1.165, 1.54) is 25.7 Å². The second-order valence-electron chi connectivity index (χ2n) is 6.73. The number of rotatable bonds is 7. The van der Waals surface area contributed by atoms with Crippen molar-refractivity contribution in [3.63, 3.8) is 0 Å². The molecule has 2 aliphatic rings. The van der Waals surface area contributed by atoms with Crippen LogP contribution in [-0.2, 0) is 9.53 Å². The summed E-state index contributed by atoms with van der Waals surface area (Å²) in [5, 5.41) is 9.30. The molecule has 6 nitrogen and oxygen atoms in total. The average molecular weight is 378 g/mol. The molecular weight excluding hydrogens is 350 g/mol. The number of urea groups is 1. The van der Waals surface area contributed by atoms with Crippen molar-refractivity contribution in [1.29, 1.82) is 0 Å². The molecule has 0 bridgehead atoms. The summed E-state index contributed by atoms with van der Waals surface area (Å²) >= 11 is 1.96. The van der Waals surface area contributed by atoms with Crippen molar-refractivity contribution < 1.29 is 14.3 Å². The minimum atomic E-state index is -0.347. The van der Waals surface area contributed by atoms with Crippen molar-refractivity contribution in [3.8, 4) is 0 Å². The fourth-order valence-electron chi connectivity index (χ4n) is 3.26. The van der Waals surface area contributed by atoms with Crippen LogP contribution in [0.25, 0.3) is 0 Å². The number of nitrogens with one attached hydrogen (secondary N) is 3. The molecule has 1 saturated carbocycles. The highest BCUT2D eigenvalue weighted by atomic mass is 32.2. The SMILES string of the molecule is O=C(NCCSC1CCCC1)Nc1ccc(NC(=O)[C@@H]2CCCO2)cc1. The van der Waals surface area contributed by atoms with E-state index in [9.17, 15) is 9.59 Å². The molecule has 0 radical (unpaired) electrons. The Morgan fingerprint density at radius 1 is 1.00 bits per heavy atom. The molecule has 1 saturated heterocycles. The summed E-state index contributed by atoms with van der Waals surface area (Å²) in [7, 11) is 0. The Morgan fingerprint density at radius 3 is 2.35 bits per heavy atom. The molecule has 3 rings (SSSR count). The lowest BCUT2D eigenvalue weighted by atomic mass is 10.2. The van der Waals surface area contributed by atoms with Gasteiger partial charge in [0.25, 0.3) is 5.91 Å². The minimum absolute atomic E-state index is 0.110. The largest absolute Gasteiger partial charge is 0.368 e. The van der Waals surface area contributed by atoms with Gasteiger partial charge in [0.1, 0.15) is 6.10 Å². The normalized spacial score (nSPS) is 20.1. The Labute approximate surface area is 158 Å². The lowest BCUT2D eigenvalue weighted by molar-refractivity contribution is -0.124. The van der Waals surface area contributed by atoms with Gasteiger partial charge in [-0.2, -0.15) is 11.8 Å². The van der Waals surface area contributed by atoms with Crippen molar-refractivity contribution >= 4 is 35.1 Å². The Balaban J connectivity index is 1.34. The standard InChI is InChI=1S/C19H27N3O3S/c23-18(17-6-3-12-25-17)21-14-7-9-15(10-8-14)22-19(24)20-11-13-26-16-4-1-2-5-16/h7-10,16-17H,1-6,11-13H2,(H,21,23)(H2,20,22,24)/t17-/m0/s1. The van der Waals surface area contributed by atoms with Crippen molar-refractivity contribution in [1.82, 2.24) is 5.32 Å². The molecule has 1 aromatic carbocycles. The maximum Gasteiger partial charge on any atom is 0.319 e. The first-order chi connectivity index (χ1) is 12.7. The molecule has 3 N–H and O–H groups in total. The number of amides is 3. The molecule has 1 heterocycles. The number of thioether (sulfide) groups is 1. The molecule has 26 heavy (non-hydrogen) atoms. The number of carbonyl (C=O) groups excluding carboxylic acids is 2. The zero-order valence-electron chi connectivity index (χ0n) is 15.0. The number of ether oxygens (including phenoxy) is 1. The monoisotopic (exact) mass is 377 g/mol. The minimum Gasteiger partial charge on any atom is -0.368 e. The van der Waals surface area contributed by atoms with Crippen LogP contribution < -0.4 is 16.0 Å². The molecular formula is C19H27N3O3S. The maximum atomic E-state index is 12.0. The van der Waals surface area contributed by atoms with Crippen LogP contribution in [0.5, 0.6) is 0 Å². The van der Waals surface area contributed by atoms with Gasteiger partial charge >= 0.3 is 6.03 Å². The van der Waals surface area contributed by atoms with E-state index in [0.717, 1.165) is 23.8 Å². The van der Waals surface area contributed by atoms with E-state index in [0.29, 0.717) is 24.5 Å². The number of carbonyl (C=O) groups is 2. The Kier molecular flexibility index (Phi) is 7.20. The van der Waals surface area contributed by atoms with E-state index < -0.39 is 0 Å². The van der Waals surface area contributed by atoms with Gasteiger partial charge in [0.05, 0.1) is 0 Å². The van der Waals surface area contributed by atoms with E-state index in [2.05, 4.69) is 16.0 Å². The topological polar surface area (TPSA) is 79.5 Å². The van der Waals surface area contributed by atoms with E-state index in [-0.39, 0.29) is 18.0 Å². The van der Waals surface area contributed by atoms with E-state index in [1.54, 1.807) is 24.3 Å². The maximum absolute atomic E-state index is 12.0. The van der Waals surface area contributed by atoms with Crippen LogP contribution in [0, 0.1) is 0 Å². The van der Waals surface area contributed by atoms with Crippen molar-refractivity contribution in [3.05, 3.63) is 24.3 Å². The molecule has 1 aromatic rings. The van der Waals surface area contributed by atoms with Crippen LogP contribution in [0.1, 0.15) is 38.5 Å². The fraction of sp³-hybridized carbons (Fsp3) is 0.579. The van der Waals surface area contributed by atoms with Crippen LogP contribution in [0.4, 0.5) is 16.2 Å². The first-order valence-electron chi connectivity index (χ1n) is 9.40.